The number of hydrogen-bond donors (Lipinski definition) is 2. The summed E-state index contributed by atoms with van der Waals surface area (Å²) in [7, 11) is 0. The lowest BCUT2D eigenvalue weighted by Gasteiger charge is -2.19. The number of aromatic nitrogens is 2. The van der Waals surface area contributed by atoms with Gasteiger partial charge >= 0.3 is 6.18 Å². The number of carbonyl (C=O) groups is 2. The fourth-order valence-electron chi connectivity index (χ4n) is 4.32. The minimum atomic E-state index is -4.88. The zero-order valence-electron chi connectivity index (χ0n) is 19.1. The van der Waals surface area contributed by atoms with Gasteiger partial charge in [0.15, 0.2) is 0 Å². The summed E-state index contributed by atoms with van der Waals surface area (Å²) >= 11 is 6.28. The molecule has 38 heavy (non-hydrogen) atoms. The molecule has 2 N–H and O–H groups in total. The molecular weight excluding hydrogens is 531 g/mol. The predicted molar refractivity (Wildman–Crippen MR) is 128 cm³/mol. The zero-order valence-corrected chi connectivity index (χ0v) is 19.9. The van der Waals surface area contributed by atoms with Gasteiger partial charge in [-0.2, -0.15) is 18.3 Å². The lowest BCUT2D eigenvalue weighted by Crippen LogP contribution is -2.21. The van der Waals surface area contributed by atoms with E-state index >= 15 is 0 Å². The molecule has 1 atom stereocenters. The van der Waals surface area contributed by atoms with Crippen molar-refractivity contribution in [3.63, 3.8) is 0 Å². The van der Waals surface area contributed by atoms with Crippen LogP contribution >= 0.6 is 11.6 Å². The number of hydrogen-bond acceptors (Lipinski definition) is 3. The molecule has 0 unspecified atom stereocenters. The van der Waals surface area contributed by atoms with Gasteiger partial charge in [0.25, 0.3) is 11.8 Å². The predicted octanol–water partition coefficient (Wildman–Crippen LogP) is 5.97. The highest BCUT2D eigenvalue weighted by Gasteiger charge is 2.35. The number of nitrogens with one attached hydrogen (secondary N) is 2. The second kappa shape index (κ2) is 9.56. The largest absolute Gasteiger partial charge is 0.416 e. The molecule has 0 spiro atoms. The maximum absolute atomic E-state index is 14.1. The summed E-state index contributed by atoms with van der Waals surface area (Å²) in [5.41, 5.74) is -0.754. The van der Waals surface area contributed by atoms with Crippen molar-refractivity contribution in [2.75, 3.05) is 5.32 Å². The van der Waals surface area contributed by atoms with E-state index in [-0.39, 0.29) is 40.0 Å². The van der Waals surface area contributed by atoms with Crippen LogP contribution in [-0.4, -0.2) is 21.6 Å². The number of alkyl halides is 3. The molecule has 0 fully saturated rings. The summed E-state index contributed by atoms with van der Waals surface area (Å²) in [5, 5.41) is 9.47. The summed E-state index contributed by atoms with van der Waals surface area (Å²) in [6.45, 7) is 0.194. The first kappa shape index (κ1) is 25.4. The van der Waals surface area contributed by atoms with E-state index in [2.05, 4.69) is 15.7 Å². The molecule has 2 heterocycles. The zero-order chi connectivity index (χ0) is 27.2. The van der Waals surface area contributed by atoms with Crippen LogP contribution in [0.25, 0.3) is 0 Å². The molecule has 4 aromatic rings. The smallest absolute Gasteiger partial charge is 0.341 e. The highest BCUT2D eigenvalue weighted by atomic mass is 35.5. The Hall–Kier alpha value is -4.25. The van der Waals surface area contributed by atoms with E-state index in [0.29, 0.717) is 17.7 Å². The number of halogens is 6. The molecule has 0 saturated heterocycles. The van der Waals surface area contributed by atoms with Crippen LogP contribution in [0.3, 0.4) is 0 Å². The highest BCUT2D eigenvalue weighted by Crippen LogP contribution is 2.40. The van der Waals surface area contributed by atoms with Gasteiger partial charge in [-0.15, -0.1) is 0 Å². The van der Waals surface area contributed by atoms with Crippen molar-refractivity contribution < 1.29 is 31.5 Å². The molecule has 0 saturated carbocycles. The Balaban J connectivity index is 1.61. The minimum Gasteiger partial charge on any atom is -0.341 e. The van der Waals surface area contributed by atoms with E-state index in [1.165, 1.54) is 12.1 Å². The number of carbonyl (C=O) groups excluding carboxylic acids is 2. The Morgan fingerprint density at radius 1 is 1.08 bits per heavy atom. The van der Waals surface area contributed by atoms with Gasteiger partial charge in [-0.25, -0.2) is 8.78 Å². The third kappa shape index (κ3) is 4.97. The van der Waals surface area contributed by atoms with Crippen LogP contribution in [0.2, 0.25) is 5.02 Å². The molecular formula is C26H16ClF5N4O2. The van der Waals surface area contributed by atoms with Gasteiger partial charge in [0.05, 0.1) is 18.2 Å². The molecule has 0 aliphatic carbocycles. The normalized spacial score (nSPS) is 14.8. The lowest BCUT2D eigenvalue weighted by molar-refractivity contribution is -0.137. The molecule has 12 heteroatoms. The van der Waals surface area contributed by atoms with Crippen LogP contribution in [-0.2, 0) is 12.7 Å². The first-order valence-electron chi connectivity index (χ1n) is 11.1. The van der Waals surface area contributed by atoms with E-state index in [9.17, 15) is 31.5 Å². The summed E-state index contributed by atoms with van der Waals surface area (Å²) in [5.74, 6) is -3.44. The monoisotopic (exact) mass is 546 g/mol. The Labute approximate surface area is 217 Å². The molecule has 0 radical (unpaired) electrons. The Bertz CT molecular complexity index is 1570. The van der Waals surface area contributed by atoms with Gasteiger partial charge in [-0.05, 0) is 60.2 Å². The van der Waals surface area contributed by atoms with Crippen molar-refractivity contribution in [1.82, 2.24) is 15.1 Å². The molecule has 194 valence electrons. The SMILES string of the molecule is O=C(Nc1cc(Cn2cccn2)cc2c1[C@@H](c1cc(F)ccc1Cl)NC2=O)c1cc(F)cc(C(F)(F)F)c1. The standard InChI is InChI=1S/C26H16ClF5N4O2/c27-20-3-2-16(28)11-18(20)23-22-19(25(38)35-23)6-13(12-36-5-1-4-33-36)7-21(22)34-24(37)14-8-15(26(30,31)32)10-17(29)9-14/h1-11,23H,12H2,(H,34,37)(H,35,38)/t23-/m1/s1. The van der Waals surface area contributed by atoms with E-state index in [0.717, 1.165) is 12.1 Å². The molecule has 3 aromatic carbocycles. The summed E-state index contributed by atoms with van der Waals surface area (Å²) < 4.78 is 69.2. The molecule has 1 aliphatic heterocycles. The molecule has 5 rings (SSSR count). The van der Waals surface area contributed by atoms with Gasteiger partial charge < -0.3 is 10.6 Å². The number of amides is 2. The van der Waals surface area contributed by atoms with Gasteiger partial charge in [0, 0.05) is 45.4 Å². The summed E-state index contributed by atoms with van der Waals surface area (Å²) in [6.07, 6.45) is -1.66. The van der Waals surface area contributed by atoms with Crippen LogP contribution in [0.4, 0.5) is 27.6 Å². The lowest BCUT2D eigenvalue weighted by atomic mass is 9.94. The summed E-state index contributed by atoms with van der Waals surface area (Å²) in [6, 6.07) is 8.85. The van der Waals surface area contributed by atoms with E-state index in [1.807, 2.05) is 0 Å². The molecule has 1 aromatic heterocycles. The number of benzene rings is 3. The van der Waals surface area contributed by atoms with Crippen LogP contribution < -0.4 is 10.6 Å². The maximum atomic E-state index is 14.1. The molecule has 2 amide bonds. The van der Waals surface area contributed by atoms with Crippen molar-refractivity contribution >= 4 is 29.1 Å². The average Bonchev–Trinajstić information content (AvgIpc) is 3.47. The van der Waals surface area contributed by atoms with Crippen molar-refractivity contribution in [3.8, 4) is 0 Å². The topological polar surface area (TPSA) is 76.0 Å². The molecule has 1 aliphatic rings. The third-order valence-corrected chi connectivity index (χ3v) is 6.30. The maximum Gasteiger partial charge on any atom is 0.416 e. The Kier molecular flexibility index (Phi) is 6.39. The van der Waals surface area contributed by atoms with Crippen molar-refractivity contribution in [3.05, 3.63) is 117 Å². The van der Waals surface area contributed by atoms with Crippen LogP contribution in [0.5, 0.6) is 0 Å². The molecule has 6 nitrogen and oxygen atoms in total. The number of fused-ring (bicyclic) bond motifs is 1. The Morgan fingerprint density at radius 2 is 1.87 bits per heavy atom. The van der Waals surface area contributed by atoms with Crippen molar-refractivity contribution in [1.29, 1.82) is 0 Å². The quantitative estimate of drug-likeness (QED) is 0.303. The highest BCUT2D eigenvalue weighted by molar-refractivity contribution is 6.31. The number of rotatable bonds is 5. The first-order chi connectivity index (χ1) is 18.0. The Morgan fingerprint density at radius 3 is 2.58 bits per heavy atom. The first-order valence-corrected chi connectivity index (χ1v) is 11.5. The van der Waals surface area contributed by atoms with Gasteiger partial charge in [0.1, 0.15) is 11.6 Å². The second-order valence-electron chi connectivity index (χ2n) is 8.56. The van der Waals surface area contributed by atoms with Gasteiger partial charge in [0.2, 0.25) is 0 Å². The third-order valence-electron chi connectivity index (χ3n) is 5.96. The van der Waals surface area contributed by atoms with Crippen molar-refractivity contribution in [2.45, 2.75) is 18.8 Å². The fraction of sp³-hybridized carbons (Fsp3) is 0.115. The van der Waals surface area contributed by atoms with Crippen LogP contribution in [0, 0.1) is 11.6 Å². The minimum absolute atomic E-state index is 0.0520. The van der Waals surface area contributed by atoms with E-state index < -0.39 is 46.8 Å². The number of anilines is 1. The molecule has 0 bridgehead atoms. The average molecular weight is 547 g/mol. The van der Waals surface area contributed by atoms with Crippen molar-refractivity contribution in [2.24, 2.45) is 0 Å². The van der Waals surface area contributed by atoms with E-state index in [4.69, 9.17) is 11.6 Å². The second-order valence-corrected chi connectivity index (χ2v) is 8.97. The fourth-order valence-corrected chi connectivity index (χ4v) is 4.54. The van der Waals surface area contributed by atoms with Crippen LogP contribution in [0.15, 0.2) is 67.0 Å². The number of nitrogens with zero attached hydrogens (tertiary/aromatic N) is 2. The van der Waals surface area contributed by atoms with E-state index in [1.54, 1.807) is 29.2 Å². The van der Waals surface area contributed by atoms with Gasteiger partial charge in [-0.3, -0.25) is 14.3 Å². The van der Waals surface area contributed by atoms with Gasteiger partial charge in [-0.1, -0.05) is 11.6 Å². The summed E-state index contributed by atoms with van der Waals surface area (Å²) in [4.78, 5) is 26.0. The van der Waals surface area contributed by atoms with Crippen LogP contribution in [0.1, 0.15) is 49.0 Å².